The molecule has 0 saturated carbocycles. The summed E-state index contributed by atoms with van der Waals surface area (Å²) in [5, 5.41) is 5.07. The van der Waals surface area contributed by atoms with Gasteiger partial charge >= 0.3 is 0 Å². The number of rotatable bonds is 6. The second-order valence-corrected chi connectivity index (χ2v) is 6.88. The highest BCUT2D eigenvalue weighted by molar-refractivity contribution is 5.90. The number of fused-ring (bicyclic) bond motifs is 1. The van der Waals surface area contributed by atoms with Crippen molar-refractivity contribution in [2.75, 3.05) is 16.6 Å². The van der Waals surface area contributed by atoms with Crippen LogP contribution in [0.1, 0.15) is 24.2 Å². The maximum Gasteiger partial charge on any atom is 0.227 e. The van der Waals surface area contributed by atoms with Gasteiger partial charge in [-0.25, -0.2) is 20.5 Å². The highest BCUT2D eigenvalue weighted by atomic mass is 19.2. The molecule has 0 saturated heterocycles. The van der Waals surface area contributed by atoms with Gasteiger partial charge in [0, 0.05) is 5.39 Å². The first-order valence-electron chi connectivity index (χ1n) is 9.43. The number of hydrogen-bond acceptors (Lipinski definition) is 7. The predicted octanol–water partition coefficient (Wildman–Crippen LogP) is 5.18. The average Bonchev–Trinajstić information content (AvgIpc) is 2.74. The summed E-state index contributed by atoms with van der Waals surface area (Å²) in [6.07, 6.45) is 1.27. The monoisotopic (exact) mass is 404 g/mol. The third-order valence-corrected chi connectivity index (χ3v) is 4.78. The first kappa shape index (κ1) is 19.4. The summed E-state index contributed by atoms with van der Waals surface area (Å²) in [6, 6.07) is 17.2. The van der Waals surface area contributed by atoms with Gasteiger partial charge in [-0.2, -0.15) is 0 Å². The van der Waals surface area contributed by atoms with Crippen LogP contribution in [0.25, 0.3) is 10.8 Å². The van der Waals surface area contributed by atoms with Gasteiger partial charge in [0.05, 0.1) is 11.7 Å². The van der Waals surface area contributed by atoms with Gasteiger partial charge in [0.2, 0.25) is 5.88 Å². The number of pyridine rings is 1. The fraction of sp³-hybridized carbons (Fsp3) is 0.136. The smallest absolute Gasteiger partial charge is 0.227 e. The molecule has 30 heavy (non-hydrogen) atoms. The summed E-state index contributed by atoms with van der Waals surface area (Å²) in [6.45, 7) is 3.92. The van der Waals surface area contributed by atoms with E-state index in [2.05, 4.69) is 15.3 Å². The van der Waals surface area contributed by atoms with Crippen molar-refractivity contribution in [2.24, 2.45) is 0 Å². The fourth-order valence-corrected chi connectivity index (χ4v) is 3.24. The molecule has 4 rings (SSSR count). The van der Waals surface area contributed by atoms with Crippen LogP contribution in [0.5, 0.6) is 11.6 Å². The average molecular weight is 404 g/mol. The molecule has 0 bridgehead atoms. The summed E-state index contributed by atoms with van der Waals surface area (Å²) >= 11 is 0. The molecule has 0 aliphatic rings. The highest BCUT2D eigenvalue weighted by Crippen LogP contribution is 2.34. The number of halogens is 1. The Morgan fingerprint density at radius 2 is 1.87 bits per heavy atom. The third-order valence-electron chi connectivity index (χ3n) is 4.78. The SMILES string of the molecule is Cc1cccc2cc(C(C)Nc3ncnc(N)c3NF)nc(Oc3ccccc3)c12. The van der Waals surface area contributed by atoms with E-state index in [9.17, 15) is 4.48 Å². The first-order valence-corrected chi connectivity index (χ1v) is 9.43. The van der Waals surface area contributed by atoms with E-state index in [0.29, 0.717) is 17.3 Å². The number of benzene rings is 2. The van der Waals surface area contributed by atoms with E-state index in [0.717, 1.165) is 16.3 Å². The maximum absolute atomic E-state index is 13.2. The Hall–Kier alpha value is -3.94. The van der Waals surface area contributed by atoms with Gasteiger partial charge in [-0.1, -0.05) is 36.4 Å². The number of nitrogens with zero attached hydrogens (tertiary/aromatic N) is 3. The lowest BCUT2D eigenvalue weighted by atomic mass is 10.0. The molecule has 0 amide bonds. The Labute approximate surface area is 173 Å². The number of para-hydroxylation sites is 1. The summed E-state index contributed by atoms with van der Waals surface area (Å²) in [5.41, 5.74) is 9.02. The molecule has 2 heterocycles. The Morgan fingerprint density at radius 1 is 1.07 bits per heavy atom. The molecule has 0 radical (unpaired) electrons. The molecule has 0 aliphatic carbocycles. The zero-order valence-corrected chi connectivity index (χ0v) is 16.6. The van der Waals surface area contributed by atoms with Crippen molar-refractivity contribution in [1.29, 1.82) is 0 Å². The Morgan fingerprint density at radius 3 is 2.63 bits per heavy atom. The van der Waals surface area contributed by atoms with Crippen LogP contribution in [-0.2, 0) is 0 Å². The Kier molecular flexibility index (Phi) is 5.30. The van der Waals surface area contributed by atoms with Crippen LogP contribution in [0.2, 0.25) is 0 Å². The summed E-state index contributed by atoms with van der Waals surface area (Å²) < 4.78 is 19.3. The predicted molar refractivity (Wildman–Crippen MR) is 116 cm³/mol. The van der Waals surface area contributed by atoms with E-state index in [1.165, 1.54) is 6.33 Å². The van der Waals surface area contributed by atoms with E-state index in [1.54, 1.807) is 5.54 Å². The van der Waals surface area contributed by atoms with Crippen LogP contribution >= 0.6 is 0 Å². The molecule has 8 heteroatoms. The largest absolute Gasteiger partial charge is 0.438 e. The standard InChI is InChI=1S/C22H21FN6O/c1-13-7-6-8-15-11-17(14(2)27-21-19(29-23)20(24)25-12-26-21)28-22(18(13)15)30-16-9-4-3-5-10-16/h3-12,14,29H,1-2H3,(H3,24,25,26,27). The molecule has 2 aromatic carbocycles. The van der Waals surface area contributed by atoms with E-state index >= 15 is 0 Å². The lowest BCUT2D eigenvalue weighted by Crippen LogP contribution is -2.12. The van der Waals surface area contributed by atoms with Gasteiger partial charge < -0.3 is 15.8 Å². The number of nitrogen functional groups attached to an aromatic ring is 1. The third kappa shape index (κ3) is 3.80. The van der Waals surface area contributed by atoms with Crippen LogP contribution in [-0.4, -0.2) is 15.0 Å². The van der Waals surface area contributed by atoms with Crippen LogP contribution in [0.15, 0.2) is 60.9 Å². The second-order valence-electron chi connectivity index (χ2n) is 6.88. The van der Waals surface area contributed by atoms with Crippen molar-refractivity contribution in [3.8, 4) is 11.6 Å². The summed E-state index contributed by atoms with van der Waals surface area (Å²) in [7, 11) is 0. The minimum atomic E-state index is -0.311. The van der Waals surface area contributed by atoms with Gasteiger partial charge in [-0.05, 0) is 43.0 Å². The lowest BCUT2D eigenvalue weighted by molar-refractivity contribution is 0.466. The van der Waals surface area contributed by atoms with Crippen molar-refractivity contribution in [3.05, 3.63) is 72.2 Å². The van der Waals surface area contributed by atoms with Gasteiger partial charge in [0.15, 0.2) is 11.6 Å². The molecule has 1 unspecified atom stereocenters. The highest BCUT2D eigenvalue weighted by Gasteiger charge is 2.17. The number of aryl methyl sites for hydroxylation is 1. The molecular weight excluding hydrogens is 383 g/mol. The first-order chi connectivity index (χ1) is 14.6. The summed E-state index contributed by atoms with van der Waals surface area (Å²) in [5.74, 6) is 1.46. The number of aromatic nitrogens is 3. The zero-order chi connectivity index (χ0) is 21.1. The van der Waals surface area contributed by atoms with Crippen molar-refractivity contribution in [1.82, 2.24) is 15.0 Å². The molecule has 2 aromatic heterocycles. The maximum atomic E-state index is 13.2. The minimum Gasteiger partial charge on any atom is -0.438 e. The van der Waals surface area contributed by atoms with Crippen LogP contribution in [0.4, 0.5) is 21.8 Å². The van der Waals surface area contributed by atoms with Crippen molar-refractivity contribution in [3.63, 3.8) is 0 Å². The number of nitrogens with two attached hydrogens (primary N) is 1. The number of ether oxygens (including phenoxy) is 1. The number of nitrogens with one attached hydrogen (secondary N) is 2. The fourth-order valence-electron chi connectivity index (χ4n) is 3.24. The van der Waals surface area contributed by atoms with Crippen molar-refractivity contribution >= 4 is 28.1 Å². The van der Waals surface area contributed by atoms with E-state index < -0.39 is 0 Å². The lowest BCUT2D eigenvalue weighted by Gasteiger charge is -2.19. The van der Waals surface area contributed by atoms with Crippen molar-refractivity contribution < 1.29 is 9.22 Å². The van der Waals surface area contributed by atoms with Gasteiger partial charge in [0.1, 0.15) is 17.8 Å². The number of hydrogen-bond donors (Lipinski definition) is 3. The zero-order valence-electron chi connectivity index (χ0n) is 16.6. The van der Waals surface area contributed by atoms with Gasteiger partial charge in [-0.3, -0.25) is 0 Å². The molecule has 1 atom stereocenters. The molecule has 4 aromatic rings. The quantitative estimate of drug-likeness (QED) is 0.381. The molecule has 4 N–H and O–H groups in total. The van der Waals surface area contributed by atoms with E-state index in [-0.39, 0.29) is 23.4 Å². The van der Waals surface area contributed by atoms with Crippen LogP contribution < -0.4 is 21.3 Å². The number of anilines is 3. The van der Waals surface area contributed by atoms with Crippen molar-refractivity contribution in [2.45, 2.75) is 19.9 Å². The van der Waals surface area contributed by atoms with E-state index in [1.807, 2.05) is 68.4 Å². The molecule has 0 fully saturated rings. The molecular formula is C22H21FN6O. The minimum absolute atomic E-state index is 0.0115. The van der Waals surface area contributed by atoms with Gasteiger partial charge in [-0.15, -0.1) is 4.48 Å². The van der Waals surface area contributed by atoms with Crippen LogP contribution in [0, 0.1) is 6.92 Å². The van der Waals surface area contributed by atoms with Crippen LogP contribution in [0.3, 0.4) is 0 Å². The van der Waals surface area contributed by atoms with E-state index in [4.69, 9.17) is 15.5 Å². The van der Waals surface area contributed by atoms with Gasteiger partial charge in [0.25, 0.3) is 0 Å². The molecule has 152 valence electrons. The Balaban J connectivity index is 1.75. The summed E-state index contributed by atoms with van der Waals surface area (Å²) in [4.78, 5) is 12.6. The topological polar surface area (TPSA) is 98.0 Å². The molecule has 0 spiro atoms. The molecule has 7 nitrogen and oxygen atoms in total. The Bertz CT molecular complexity index is 1190. The second kappa shape index (κ2) is 8.20. The normalized spacial score (nSPS) is 11.8. The molecule has 0 aliphatic heterocycles.